The summed E-state index contributed by atoms with van der Waals surface area (Å²) < 4.78 is 4.94. The number of hydrogen-bond donors (Lipinski definition) is 1. The third-order valence-corrected chi connectivity index (χ3v) is 4.36. The Morgan fingerprint density at radius 1 is 1.26 bits per heavy atom. The van der Waals surface area contributed by atoms with Crippen molar-refractivity contribution < 1.29 is 14.6 Å². The van der Waals surface area contributed by atoms with Crippen molar-refractivity contribution >= 4 is 39.3 Å². The second kappa shape index (κ2) is 5.36. The fourth-order valence-electron chi connectivity index (χ4n) is 1.70. The molecule has 2 aromatic rings. The van der Waals surface area contributed by atoms with Crippen LogP contribution in [0.1, 0.15) is 20.3 Å². The second-order valence-corrected chi connectivity index (χ2v) is 6.95. The zero-order chi connectivity index (χ0) is 14.0. The zero-order valence-electron chi connectivity index (χ0n) is 10.8. The van der Waals surface area contributed by atoms with Gasteiger partial charge in [0, 0.05) is 10.8 Å². The molecule has 0 aliphatic rings. The smallest absolute Gasteiger partial charge is 0.327 e. The van der Waals surface area contributed by atoms with Crippen LogP contribution in [0, 0.1) is 0 Å². The number of fused-ring (bicyclic) bond motifs is 1. The highest BCUT2D eigenvalue weighted by molar-refractivity contribution is 14.1. The van der Waals surface area contributed by atoms with Gasteiger partial charge < -0.3 is 9.84 Å². The number of ether oxygens (including phenoxy) is 1. The highest BCUT2D eigenvalue weighted by Gasteiger charge is 2.30. The third kappa shape index (κ3) is 2.83. The van der Waals surface area contributed by atoms with Gasteiger partial charge in [-0.3, -0.25) is 4.79 Å². The Labute approximate surface area is 125 Å². The van der Waals surface area contributed by atoms with E-state index in [1.165, 1.54) is 0 Å². The average molecular weight is 370 g/mol. The molecule has 0 bridgehead atoms. The van der Waals surface area contributed by atoms with Crippen LogP contribution >= 0.6 is 22.6 Å². The van der Waals surface area contributed by atoms with E-state index in [1.54, 1.807) is 18.2 Å². The molecule has 0 aliphatic carbocycles. The van der Waals surface area contributed by atoms with Gasteiger partial charge in [0.05, 0.1) is 0 Å². The van der Waals surface area contributed by atoms with Crippen molar-refractivity contribution in [3.8, 4) is 11.5 Å². The molecule has 0 fully saturated rings. The lowest BCUT2D eigenvalue weighted by Gasteiger charge is -2.19. The Balaban J connectivity index is 2.42. The molecule has 0 radical (unpaired) electrons. The summed E-state index contributed by atoms with van der Waals surface area (Å²) in [5.41, 5.74) is 0. The minimum atomic E-state index is -0.545. The predicted octanol–water partition coefficient (Wildman–Crippen LogP) is 4.05. The van der Waals surface area contributed by atoms with Gasteiger partial charge in [0.25, 0.3) is 0 Å². The monoisotopic (exact) mass is 370 g/mol. The zero-order valence-corrected chi connectivity index (χ0v) is 13.0. The minimum absolute atomic E-state index is 0.183. The number of alkyl halides is 1. The molecular weight excluding hydrogens is 355 g/mol. The number of halogens is 1. The van der Waals surface area contributed by atoms with Crippen molar-refractivity contribution in [3.05, 3.63) is 36.4 Å². The third-order valence-electron chi connectivity index (χ3n) is 3.15. The number of hydrogen-bond acceptors (Lipinski definition) is 3. The van der Waals surface area contributed by atoms with Crippen molar-refractivity contribution in [2.75, 3.05) is 0 Å². The van der Waals surface area contributed by atoms with Gasteiger partial charge in [0.15, 0.2) is 0 Å². The van der Waals surface area contributed by atoms with Crippen LogP contribution < -0.4 is 4.74 Å². The van der Waals surface area contributed by atoms with Crippen LogP contribution in [0.3, 0.4) is 0 Å². The van der Waals surface area contributed by atoms with Gasteiger partial charge in [0.1, 0.15) is 14.9 Å². The molecule has 3 nitrogen and oxygen atoms in total. The summed E-state index contributed by atoms with van der Waals surface area (Å²) in [6, 6.07) is 10.5. The van der Waals surface area contributed by atoms with Crippen molar-refractivity contribution in [1.29, 1.82) is 0 Å². The maximum atomic E-state index is 12.1. The normalized spacial score (nSPS) is 14.1. The van der Waals surface area contributed by atoms with E-state index in [0.717, 1.165) is 5.39 Å². The van der Waals surface area contributed by atoms with E-state index in [4.69, 9.17) is 4.74 Å². The van der Waals surface area contributed by atoms with Gasteiger partial charge in [-0.05, 0) is 25.5 Å². The fourth-order valence-corrected chi connectivity index (χ4v) is 1.81. The number of rotatable bonds is 3. The largest absolute Gasteiger partial charge is 0.507 e. The first-order valence-corrected chi connectivity index (χ1v) is 7.15. The maximum absolute atomic E-state index is 12.1. The number of benzene rings is 2. The molecule has 0 saturated carbocycles. The van der Waals surface area contributed by atoms with E-state index in [0.29, 0.717) is 17.6 Å². The predicted molar refractivity (Wildman–Crippen MR) is 84.0 cm³/mol. The molecule has 2 aromatic carbocycles. The van der Waals surface area contributed by atoms with Gasteiger partial charge in [-0.25, -0.2) is 0 Å². The molecule has 2 rings (SSSR count). The summed E-state index contributed by atoms with van der Waals surface area (Å²) in [4.78, 5) is 12.1. The van der Waals surface area contributed by atoms with Crippen molar-refractivity contribution in [1.82, 2.24) is 0 Å². The van der Waals surface area contributed by atoms with E-state index < -0.39 is 3.42 Å². The highest BCUT2D eigenvalue weighted by atomic mass is 127. The molecule has 0 aromatic heterocycles. The number of carbonyl (C=O) groups is 1. The van der Waals surface area contributed by atoms with Crippen molar-refractivity contribution in [3.63, 3.8) is 0 Å². The summed E-state index contributed by atoms with van der Waals surface area (Å²) in [7, 11) is 0. The number of carbonyl (C=O) groups excluding carboxylic acids is 1. The molecule has 19 heavy (non-hydrogen) atoms. The highest BCUT2D eigenvalue weighted by Crippen LogP contribution is 2.34. The van der Waals surface area contributed by atoms with Gasteiger partial charge >= 0.3 is 5.97 Å². The van der Waals surface area contributed by atoms with Crippen LogP contribution in [-0.2, 0) is 4.79 Å². The lowest BCUT2D eigenvalue weighted by molar-refractivity contribution is -0.136. The Hall–Kier alpha value is -1.30. The summed E-state index contributed by atoms with van der Waals surface area (Å²) in [6.45, 7) is 3.79. The summed E-state index contributed by atoms with van der Waals surface area (Å²) in [5.74, 6) is 0.393. The van der Waals surface area contributed by atoms with Crippen LogP contribution in [0.15, 0.2) is 36.4 Å². The van der Waals surface area contributed by atoms with E-state index >= 15 is 0 Å². The molecule has 1 atom stereocenters. The Kier molecular flexibility index (Phi) is 3.99. The molecule has 1 unspecified atom stereocenters. The second-order valence-electron chi connectivity index (χ2n) is 4.57. The number of esters is 1. The summed E-state index contributed by atoms with van der Waals surface area (Å²) in [5, 5.41) is 11.2. The maximum Gasteiger partial charge on any atom is 0.327 e. The Morgan fingerprint density at radius 3 is 2.53 bits per heavy atom. The standard InChI is InChI=1S/C15H15IO3/c1-3-15(2,16)14(18)19-13-9-8-12(17)10-6-4-5-7-11(10)13/h4-9,17H,3H2,1-2H3. The van der Waals surface area contributed by atoms with E-state index in [1.807, 2.05) is 32.0 Å². The number of aromatic hydroxyl groups is 1. The Morgan fingerprint density at radius 2 is 1.89 bits per heavy atom. The molecule has 0 amide bonds. The van der Waals surface area contributed by atoms with Gasteiger partial charge in [-0.1, -0.05) is 53.8 Å². The molecule has 0 spiro atoms. The number of phenols is 1. The summed E-state index contributed by atoms with van der Waals surface area (Å²) in [6.07, 6.45) is 0.697. The topological polar surface area (TPSA) is 46.5 Å². The van der Waals surface area contributed by atoms with Gasteiger partial charge in [0.2, 0.25) is 0 Å². The van der Waals surface area contributed by atoms with Crippen molar-refractivity contribution in [2.45, 2.75) is 23.7 Å². The first-order valence-electron chi connectivity index (χ1n) is 6.07. The minimum Gasteiger partial charge on any atom is -0.507 e. The van der Waals surface area contributed by atoms with E-state index in [2.05, 4.69) is 22.6 Å². The molecular formula is C15H15IO3. The van der Waals surface area contributed by atoms with Gasteiger partial charge in [-0.2, -0.15) is 0 Å². The van der Waals surface area contributed by atoms with Crippen LogP contribution in [0.5, 0.6) is 11.5 Å². The Bertz CT molecular complexity index is 620. The summed E-state index contributed by atoms with van der Waals surface area (Å²) >= 11 is 2.10. The number of phenolic OH excluding ortho intramolecular Hbond substituents is 1. The van der Waals surface area contributed by atoms with Gasteiger partial charge in [-0.15, -0.1) is 0 Å². The van der Waals surface area contributed by atoms with E-state index in [-0.39, 0.29) is 11.7 Å². The quantitative estimate of drug-likeness (QED) is 0.384. The molecule has 0 aliphatic heterocycles. The van der Waals surface area contributed by atoms with Crippen LogP contribution in [0.2, 0.25) is 0 Å². The SMILES string of the molecule is CCC(C)(I)C(=O)Oc1ccc(O)c2ccccc12. The molecule has 0 heterocycles. The van der Waals surface area contributed by atoms with Crippen LogP contribution in [0.25, 0.3) is 10.8 Å². The van der Waals surface area contributed by atoms with Crippen LogP contribution in [0.4, 0.5) is 0 Å². The lowest BCUT2D eigenvalue weighted by atomic mass is 10.1. The van der Waals surface area contributed by atoms with Crippen molar-refractivity contribution in [2.24, 2.45) is 0 Å². The van der Waals surface area contributed by atoms with E-state index in [9.17, 15) is 9.90 Å². The van der Waals surface area contributed by atoms with Crippen LogP contribution in [-0.4, -0.2) is 14.5 Å². The first-order chi connectivity index (χ1) is 8.95. The molecule has 100 valence electrons. The average Bonchev–Trinajstić information content (AvgIpc) is 2.42. The molecule has 1 N–H and O–H groups in total. The molecule has 0 saturated heterocycles. The fraction of sp³-hybridized carbons (Fsp3) is 0.267. The molecule has 4 heteroatoms. The lowest BCUT2D eigenvalue weighted by Crippen LogP contribution is -2.31. The first kappa shape index (κ1) is 14.1.